The number of rotatable bonds is 9. The van der Waals surface area contributed by atoms with Crippen molar-refractivity contribution in [2.75, 3.05) is 19.7 Å². The highest BCUT2D eigenvalue weighted by Crippen LogP contribution is 2.31. The van der Waals surface area contributed by atoms with E-state index >= 15 is 0 Å². The van der Waals surface area contributed by atoms with Crippen LogP contribution in [0.5, 0.6) is 5.75 Å². The van der Waals surface area contributed by atoms with Gasteiger partial charge in [-0.25, -0.2) is 4.79 Å². The van der Waals surface area contributed by atoms with E-state index in [1.54, 1.807) is 46.8 Å². The van der Waals surface area contributed by atoms with Crippen LogP contribution in [0.15, 0.2) is 18.2 Å². The smallest absolute Gasteiger partial charge is 0.408 e. The molecule has 3 N–H and O–H groups in total. The van der Waals surface area contributed by atoms with E-state index < -0.39 is 42.1 Å². The molecule has 0 saturated carbocycles. The number of benzene rings is 1. The summed E-state index contributed by atoms with van der Waals surface area (Å²) in [4.78, 5) is 50.0. The van der Waals surface area contributed by atoms with Crippen LogP contribution in [-0.2, 0) is 23.9 Å². The van der Waals surface area contributed by atoms with Gasteiger partial charge in [-0.1, -0.05) is 24.6 Å². The lowest BCUT2D eigenvalue weighted by Crippen LogP contribution is -2.46. The van der Waals surface area contributed by atoms with Crippen LogP contribution in [0, 0.1) is 19.4 Å². The second-order valence-corrected chi connectivity index (χ2v) is 8.01. The van der Waals surface area contributed by atoms with E-state index in [4.69, 9.17) is 15.9 Å². The average Bonchev–Trinajstić information content (AvgIpc) is 2.71. The largest absolute Gasteiger partial charge is 0.507 e. The molecule has 0 aliphatic heterocycles. The molecule has 1 unspecified atom stereocenters. The Hall–Kier alpha value is -3.74. The summed E-state index contributed by atoms with van der Waals surface area (Å²) in [5.41, 5.74) is -0.214. The van der Waals surface area contributed by atoms with Crippen molar-refractivity contribution in [3.05, 3.63) is 29.3 Å². The quantitative estimate of drug-likeness (QED) is 0.290. The first-order valence-corrected chi connectivity index (χ1v) is 10.4. The second-order valence-electron chi connectivity index (χ2n) is 8.01. The standard InChI is InChI=1S/C23H31N3O7/c1-7-26(17(27)14-25-22(31)33-23(4,5)6)19(16-11-9-10-15(3)20(16)29)21(30)24-13-12-18(28)32-8-2/h1,9-11,19,29H,8,12-14H2,2-6H3,(H,24,30)(H,25,31). The maximum Gasteiger partial charge on any atom is 0.408 e. The van der Waals surface area contributed by atoms with Gasteiger partial charge in [0, 0.05) is 18.2 Å². The van der Waals surface area contributed by atoms with Crippen molar-refractivity contribution in [3.63, 3.8) is 0 Å². The zero-order valence-corrected chi connectivity index (χ0v) is 19.6. The molecule has 1 rings (SSSR count). The highest BCUT2D eigenvalue weighted by molar-refractivity contribution is 5.92. The number of aromatic hydroxyl groups is 1. The number of phenols is 1. The van der Waals surface area contributed by atoms with Crippen molar-refractivity contribution in [2.24, 2.45) is 0 Å². The van der Waals surface area contributed by atoms with E-state index in [9.17, 15) is 24.3 Å². The Balaban J connectivity index is 3.10. The molecule has 10 heteroatoms. The Morgan fingerprint density at radius 2 is 1.88 bits per heavy atom. The van der Waals surface area contributed by atoms with Gasteiger partial charge in [-0.2, -0.15) is 0 Å². The van der Waals surface area contributed by atoms with Gasteiger partial charge in [0.1, 0.15) is 17.9 Å². The topological polar surface area (TPSA) is 134 Å². The van der Waals surface area contributed by atoms with Crippen LogP contribution in [0.4, 0.5) is 4.79 Å². The highest BCUT2D eigenvalue weighted by atomic mass is 16.6. The lowest BCUT2D eigenvalue weighted by molar-refractivity contribution is -0.143. The van der Waals surface area contributed by atoms with Gasteiger partial charge in [0.2, 0.25) is 5.91 Å². The van der Waals surface area contributed by atoms with Crippen LogP contribution in [0.2, 0.25) is 0 Å². The van der Waals surface area contributed by atoms with Crippen molar-refractivity contribution in [2.45, 2.75) is 52.7 Å². The van der Waals surface area contributed by atoms with Crippen LogP contribution >= 0.6 is 0 Å². The number of para-hydroxylation sites is 1. The molecule has 0 bridgehead atoms. The molecule has 0 spiro atoms. The van der Waals surface area contributed by atoms with Crippen molar-refractivity contribution in [1.82, 2.24) is 15.5 Å². The molecule has 0 saturated heterocycles. The predicted molar refractivity (Wildman–Crippen MR) is 120 cm³/mol. The highest BCUT2D eigenvalue weighted by Gasteiger charge is 2.33. The predicted octanol–water partition coefficient (Wildman–Crippen LogP) is 1.76. The van der Waals surface area contributed by atoms with Crippen molar-refractivity contribution < 1.29 is 33.8 Å². The third-order valence-electron chi connectivity index (χ3n) is 4.19. The van der Waals surface area contributed by atoms with Crippen LogP contribution in [0.1, 0.15) is 51.3 Å². The Morgan fingerprint density at radius 3 is 2.45 bits per heavy atom. The van der Waals surface area contributed by atoms with Crippen molar-refractivity contribution in [3.8, 4) is 18.2 Å². The zero-order valence-electron chi connectivity index (χ0n) is 19.6. The molecule has 0 radical (unpaired) electrons. The minimum Gasteiger partial charge on any atom is -0.507 e. The molecular formula is C23H31N3O7. The molecule has 33 heavy (non-hydrogen) atoms. The monoisotopic (exact) mass is 461 g/mol. The third kappa shape index (κ3) is 8.73. The van der Waals surface area contributed by atoms with Gasteiger partial charge in [0.15, 0.2) is 6.04 Å². The molecule has 0 aliphatic rings. The molecule has 3 amide bonds. The summed E-state index contributed by atoms with van der Waals surface area (Å²) in [6.45, 7) is 7.88. The van der Waals surface area contributed by atoms with Gasteiger partial charge < -0.3 is 25.2 Å². The van der Waals surface area contributed by atoms with Crippen LogP contribution < -0.4 is 10.6 Å². The number of alkyl carbamates (subject to hydrolysis) is 1. The van der Waals surface area contributed by atoms with Crippen molar-refractivity contribution >= 4 is 23.9 Å². The molecule has 1 atom stereocenters. The third-order valence-corrected chi connectivity index (χ3v) is 4.19. The fraction of sp³-hybridized carbons (Fsp3) is 0.478. The second kappa shape index (κ2) is 12.3. The number of nitrogens with zero attached hydrogens (tertiary/aromatic N) is 1. The first kappa shape index (κ1) is 27.3. The molecule has 0 aliphatic carbocycles. The van der Waals surface area contributed by atoms with E-state index in [0.717, 1.165) is 4.90 Å². The molecule has 180 valence electrons. The van der Waals surface area contributed by atoms with Gasteiger partial charge in [0.05, 0.1) is 13.0 Å². The van der Waals surface area contributed by atoms with Crippen LogP contribution in [0.3, 0.4) is 0 Å². The van der Waals surface area contributed by atoms with Crippen molar-refractivity contribution in [1.29, 1.82) is 0 Å². The van der Waals surface area contributed by atoms with Gasteiger partial charge in [-0.15, -0.1) is 0 Å². The van der Waals surface area contributed by atoms with E-state index in [1.807, 2.05) is 0 Å². The SMILES string of the molecule is C#CN(C(=O)CNC(=O)OC(C)(C)C)C(C(=O)NCCC(=O)OCC)c1cccc(C)c1O. The summed E-state index contributed by atoms with van der Waals surface area (Å²) < 4.78 is 9.91. The van der Waals surface area contributed by atoms with Gasteiger partial charge in [-0.05, 0) is 40.2 Å². The van der Waals surface area contributed by atoms with E-state index in [-0.39, 0.29) is 30.9 Å². The Labute approximate surface area is 193 Å². The van der Waals surface area contributed by atoms with Crippen LogP contribution in [-0.4, -0.2) is 59.2 Å². The normalized spacial score (nSPS) is 11.5. The number of hydrogen-bond acceptors (Lipinski definition) is 7. The molecule has 10 nitrogen and oxygen atoms in total. The number of terminal acetylenes is 1. The Morgan fingerprint density at radius 1 is 1.21 bits per heavy atom. The average molecular weight is 462 g/mol. The molecule has 0 fully saturated rings. The van der Waals surface area contributed by atoms with E-state index in [0.29, 0.717) is 5.56 Å². The first-order valence-electron chi connectivity index (χ1n) is 10.4. The summed E-state index contributed by atoms with van der Waals surface area (Å²) in [6.07, 6.45) is 4.62. The zero-order chi connectivity index (χ0) is 25.2. The summed E-state index contributed by atoms with van der Waals surface area (Å²) in [6, 6.07) is 5.42. The summed E-state index contributed by atoms with van der Waals surface area (Å²) >= 11 is 0. The number of esters is 1. The number of ether oxygens (including phenoxy) is 2. The number of nitrogens with one attached hydrogen (secondary N) is 2. The molecule has 1 aromatic carbocycles. The minimum atomic E-state index is -1.41. The Kier molecular flexibility index (Phi) is 10.2. The summed E-state index contributed by atoms with van der Waals surface area (Å²) in [5.74, 6) is -2.21. The number of phenolic OH excluding ortho intramolecular Hbond substituents is 1. The summed E-state index contributed by atoms with van der Waals surface area (Å²) in [5, 5.41) is 15.3. The van der Waals surface area contributed by atoms with Gasteiger partial charge >= 0.3 is 12.1 Å². The molecule has 1 aromatic rings. The van der Waals surface area contributed by atoms with E-state index in [2.05, 4.69) is 16.7 Å². The van der Waals surface area contributed by atoms with Gasteiger partial charge in [0.25, 0.3) is 5.91 Å². The Bertz CT molecular complexity index is 916. The van der Waals surface area contributed by atoms with Crippen LogP contribution in [0.25, 0.3) is 0 Å². The number of amides is 3. The number of hydrogen-bond donors (Lipinski definition) is 3. The van der Waals surface area contributed by atoms with E-state index in [1.165, 1.54) is 6.07 Å². The first-order chi connectivity index (χ1) is 15.4. The fourth-order valence-electron chi connectivity index (χ4n) is 2.76. The lowest BCUT2D eigenvalue weighted by atomic mass is 10.0. The molecule has 0 heterocycles. The molecular weight excluding hydrogens is 430 g/mol. The maximum atomic E-state index is 13.0. The number of carbonyl (C=O) groups excluding carboxylic acids is 4. The van der Waals surface area contributed by atoms with Gasteiger partial charge in [-0.3, -0.25) is 19.3 Å². The fourth-order valence-corrected chi connectivity index (χ4v) is 2.76. The maximum absolute atomic E-state index is 13.0. The summed E-state index contributed by atoms with van der Waals surface area (Å²) in [7, 11) is 0. The molecule has 0 aromatic heterocycles. The number of aryl methyl sites for hydroxylation is 1. The minimum absolute atomic E-state index is 0.0660. The lowest BCUT2D eigenvalue weighted by Gasteiger charge is -2.27. The number of carbonyl (C=O) groups is 4.